The van der Waals surface area contributed by atoms with Crippen LogP contribution in [-0.2, 0) is 11.0 Å². The number of carbonyl (C=O) groups is 1. The second-order valence-corrected chi connectivity index (χ2v) is 6.58. The van der Waals surface area contributed by atoms with Crippen LogP contribution in [0.2, 0.25) is 0 Å². The molecule has 2 fully saturated rings. The van der Waals surface area contributed by atoms with Crippen LogP contribution in [0.3, 0.4) is 0 Å². The molecule has 3 rings (SSSR count). The van der Waals surface area contributed by atoms with Crippen LogP contribution in [0.1, 0.15) is 24.8 Å². The molecular weight excluding hydrogens is 339 g/mol. The van der Waals surface area contributed by atoms with Crippen molar-refractivity contribution in [3.63, 3.8) is 0 Å². The molecule has 0 bridgehead atoms. The van der Waals surface area contributed by atoms with E-state index >= 15 is 0 Å². The molecule has 136 valence electrons. The molecule has 1 heterocycles. The fraction of sp³-hybridized carbons (Fsp3) is 0.562. The number of nitro groups is 1. The molecule has 6 nitrogen and oxygen atoms in total. The Morgan fingerprint density at radius 3 is 2.64 bits per heavy atom. The molecule has 1 atom stereocenters. The molecule has 1 aliphatic carbocycles. The highest BCUT2D eigenvalue weighted by molar-refractivity contribution is 5.81. The summed E-state index contributed by atoms with van der Waals surface area (Å²) in [5.74, 6) is 0.348. The number of likely N-dealkylation sites (tertiary alicyclic amines) is 1. The number of hydrogen-bond donors (Lipinski definition) is 1. The Kier molecular flexibility index (Phi) is 4.57. The highest BCUT2D eigenvalue weighted by atomic mass is 19.4. The van der Waals surface area contributed by atoms with E-state index in [4.69, 9.17) is 0 Å². The van der Waals surface area contributed by atoms with Gasteiger partial charge in [0.1, 0.15) is 5.69 Å². The summed E-state index contributed by atoms with van der Waals surface area (Å²) < 4.78 is 38.5. The molecule has 1 saturated carbocycles. The fourth-order valence-corrected chi connectivity index (χ4v) is 3.06. The van der Waals surface area contributed by atoms with Crippen LogP contribution in [0.5, 0.6) is 0 Å². The first kappa shape index (κ1) is 17.5. The van der Waals surface area contributed by atoms with Gasteiger partial charge in [-0.05, 0) is 37.3 Å². The van der Waals surface area contributed by atoms with Gasteiger partial charge in [0.15, 0.2) is 0 Å². The Bertz CT molecular complexity index is 689. The second-order valence-electron chi connectivity index (χ2n) is 6.58. The van der Waals surface area contributed by atoms with Crippen molar-refractivity contribution < 1.29 is 22.9 Å². The molecule has 1 aliphatic heterocycles. The molecule has 25 heavy (non-hydrogen) atoms. The summed E-state index contributed by atoms with van der Waals surface area (Å²) in [7, 11) is 0. The summed E-state index contributed by atoms with van der Waals surface area (Å²) in [6.07, 6.45) is -1.98. The lowest BCUT2D eigenvalue weighted by molar-refractivity contribution is -0.384. The number of alkyl halides is 3. The lowest BCUT2D eigenvalue weighted by Crippen LogP contribution is -2.30. The van der Waals surface area contributed by atoms with Crippen molar-refractivity contribution in [3.05, 3.63) is 33.9 Å². The molecule has 1 saturated heterocycles. The minimum atomic E-state index is -4.56. The largest absolute Gasteiger partial charge is 0.416 e. The van der Waals surface area contributed by atoms with Crippen LogP contribution in [0.15, 0.2) is 18.2 Å². The van der Waals surface area contributed by atoms with Gasteiger partial charge in [-0.1, -0.05) is 0 Å². The summed E-state index contributed by atoms with van der Waals surface area (Å²) >= 11 is 0. The van der Waals surface area contributed by atoms with Gasteiger partial charge in [0.25, 0.3) is 5.69 Å². The number of nitrogens with one attached hydrogen (secondary N) is 1. The van der Waals surface area contributed by atoms with Crippen LogP contribution in [0.4, 0.5) is 24.5 Å². The Balaban J connectivity index is 1.65. The third-order valence-corrected chi connectivity index (χ3v) is 4.63. The second kappa shape index (κ2) is 6.53. The topological polar surface area (TPSA) is 75.5 Å². The Morgan fingerprint density at radius 2 is 2.04 bits per heavy atom. The predicted octanol–water partition coefficient (Wildman–Crippen LogP) is 3.28. The first-order valence-corrected chi connectivity index (χ1v) is 8.14. The summed E-state index contributed by atoms with van der Waals surface area (Å²) in [5.41, 5.74) is -1.47. The zero-order chi connectivity index (χ0) is 18.2. The van der Waals surface area contributed by atoms with Gasteiger partial charge < -0.3 is 10.2 Å². The lowest BCUT2D eigenvalue weighted by Gasteiger charge is -2.17. The van der Waals surface area contributed by atoms with Gasteiger partial charge in [0.05, 0.1) is 10.5 Å². The number of nitrogens with zero attached hydrogens (tertiary/aromatic N) is 2. The zero-order valence-corrected chi connectivity index (χ0v) is 13.4. The number of nitro benzene ring substituents is 1. The van der Waals surface area contributed by atoms with Gasteiger partial charge in [0.2, 0.25) is 5.91 Å². The third-order valence-electron chi connectivity index (χ3n) is 4.63. The molecule has 9 heteroatoms. The summed E-state index contributed by atoms with van der Waals surface area (Å²) in [6, 6.07) is 2.33. The van der Waals surface area contributed by atoms with Crippen molar-refractivity contribution >= 4 is 17.3 Å². The van der Waals surface area contributed by atoms with E-state index in [0.29, 0.717) is 19.2 Å². The van der Waals surface area contributed by atoms with E-state index in [1.54, 1.807) is 4.90 Å². The van der Waals surface area contributed by atoms with Crippen molar-refractivity contribution in [2.45, 2.75) is 25.4 Å². The van der Waals surface area contributed by atoms with E-state index in [1.165, 1.54) is 0 Å². The summed E-state index contributed by atoms with van der Waals surface area (Å²) in [6.45, 7) is 1.46. The third kappa shape index (κ3) is 4.02. The highest BCUT2D eigenvalue weighted by Gasteiger charge is 2.37. The van der Waals surface area contributed by atoms with Gasteiger partial charge >= 0.3 is 6.18 Å². The van der Waals surface area contributed by atoms with E-state index in [1.807, 2.05) is 0 Å². The highest BCUT2D eigenvalue weighted by Crippen LogP contribution is 2.36. The maximum atomic E-state index is 12.8. The zero-order valence-electron chi connectivity index (χ0n) is 13.4. The van der Waals surface area contributed by atoms with Crippen LogP contribution in [0, 0.1) is 22.0 Å². The first-order valence-electron chi connectivity index (χ1n) is 8.14. The Morgan fingerprint density at radius 1 is 1.32 bits per heavy atom. The molecule has 2 aliphatic rings. The first-order chi connectivity index (χ1) is 11.8. The SMILES string of the molecule is O=C(C1CC1)N1CCC(CNc2cc(C(F)(F)F)ccc2[N+](=O)[O-])C1. The number of anilines is 1. The lowest BCUT2D eigenvalue weighted by atomic mass is 10.1. The monoisotopic (exact) mass is 357 g/mol. The van der Waals surface area contributed by atoms with E-state index in [-0.39, 0.29) is 30.0 Å². The molecule has 0 radical (unpaired) electrons. The number of hydrogen-bond acceptors (Lipinski definition) is 4. The van der Waals surface area contributed by atoms with Crippen LogP contribution >= 0.6 is 0 Å². The molecule has 1 aromatic carbocycles. The van der Waals surface area contributed by atoms with E-state index in [9.17, 15) is 28.1 Å². The maximum Gasteiger partial charge on any atom is 0.416 e. The quantitative estimate of drug-likeness (QED) is 0.648. The van der Waals surface area contributed by atoms with Crippen molar-refractivity contribution in [3.8, 4) is 0 Å². The molecule has 1 unspecified atom stereocenters. The summed E-state index contributed by atoms with van der Waals surface area (Å²) in [5, 5.41) is 13.8. The average Bonchev–Trinajstić information content (AvgIpc) is 3.29. The normalized spacial score (nSPS) is 20.6. The number of benzene rings is 1. The number of amides is 1. The fourth-order valence-electron chi connectivity index (χ4n) is 3.06. The molecule has 1 N–H and O–H groups in total. The van der Waals surface area contributed by atoms with Gasteiger partial charge in [-0.2, -0.15) is 13.2 Å². The molecule has 0 aromatic heterocycles. The van der Waals surface area contributed by atoms with Crippen molar-refractivity contribution in [1.29, 1.82) is 0 Å². The van der Waals surface area contributed by atoms with Crippen molar-refractivity contribution in [1.82, 2.24) is 4.90 Å². The van der Waals surface area contributed by atoms with Crippen molar-refractivity contribution in [2.75, 3.05) is 25.0 Å². The number of rotatable bonds is 5. The van der Waals surface area contributed by atoms with Crippen LogP contribution < -0.4 is 5.32 Å². The molecular formula is C16H18F3N3O3. The van der Waals surface area contributed by atoms with Gasteiger partial charge in [-0.3, -0.25) is 14.9 Å². The smallest absolute Gasteiger partial charge is 0.379 e. The minimum absolute atomic E-state index is 0.0665. The minimum Gasteiger partial charge on any atom is -0.379 e. The van der Waals surface area contributed by atoms with Crippen LogP contribution in [0.25, 0.3) is 0 Å². The van der Waals surface area contributed by atoms with E-state index in [2.05, 4.69) is 5.32 Å². The van der Waals surface area contributed by atoms with E-state index < -0.39 is 22.4 Å². The van der Waals surface area contributed by atoms with Crippen molar-refractivity contribution in [2.24, 2.45) is 11.8 Å². The maximum absolute atomic E-state index is 12.8. The van der Waals surface area contributed by atoms with Gasteiger partial charge in [-0.15, -0.1) is 0 Å². The number of halogens is 3. The Labute approximate surface area is 142 Å². The van der Waals surface area contributed by atoms with Crippen LogP contribution in [-0.4, -0.2) is 35.4 Å². The van der Waals surface area contributed by atoms with Gasteiger partial charge in [-0.25, -0.2) is 0 Å². The standard InChI is InChI=1S/C16H18F3N3O3/c17-16(18,19)12-3-4-14(22(24)25)13(7-12)20-8-10-5-6-21(9-10)15(23)11-1-2-11/h3-4,7,10-11,20H,1-2,5-6,8-9H2. The van der Waals surface area contributed by atoms with E-state index in [0.717, 1.165) is 31.4 Å². The Hall–Kier alpha value is -2.32. The molecule has 1 amide bonds. The summed E-state index contributed by atoms with van der Waals surface area (Å²) in [4.78, 5) is 24.1. The van der Waals surface area contributed by atoms with Gasteiger partial charge in [0, 0.05) is 31.6 Å². The predicted molar refractivity (Wildman–Crippen MR) is 84.0 cm³/mol. The molecule has 0 spiro atoms. The number of carbonyl (C=O) groups excluding carboxylic acids is 1. The average molecular weight is 357 g/mol. The molecule has 1 aromatic rings.